The summed E-state index contributed by atoms with van der Waals surface area (Å²) >= 11 is 3.50. The highest BCUT2D eigenvalue weighted by Gasteiger charge is 2.19. The number of hydrogen-bond acceptors (Lipinski definition) is 1. The highest BCUT2D eigenvalue weighted by molar-refractivity contribution is 9.10. The summed E-state index contributed by atoms with van der Waals surface area (Å²) in [6.45, 7) is 7.99. The van der Waals surface area contributed by atoms with E-state index in [1.807, 2.05) is 0 Å². The lowest BCUT2D eigenvalue weighted by Crippen LogP contribution is -2.29. The highest BCUT2D eigenvalue weighted by Crippen LogP contribution is 2.28. The van der Waals surface area contributed by atoms with Crippen molar-refractivity contribution in [2.75, 3.05) is 6.54 Å². The predicted molar refractivity (Wildman–Crippen MR) is 90.8 cm³/mol. The molecule has 1 aliphatic carbocycles. The van der Waals surface area contributed by atoms with Gasteiger partial charge in [0, 0.05) is 10.5 Å². The molecule has 2 heteroatoms. The second-order valence-corrected chi connectivity index (χ2v) is 7.13. The highest BCUT2D eigenvalue weighted by atomic mass is 79.9. The molecule has 0 radical (unpaired) electrons. The summed E-state index contributed by atoms with van der Waals surface area (Å²) in [5.74, 6) is 1.53. The van der Waals surface area contributed by atoms with Gasteiger partial charge in [0.1, 0.15) is 0 Å². The molecule has 1 N–H and O–H groups in total. The van der Waals surface area contributed by atoms with Crippen molar-refractivity contribution < 1.29 is 0 Å². The van der Waals surface area contributed by atoms with Crippen LogP contribution in [0.3, 0.4) is 0 Å². The van der Waals surface area contributed by atoms with E-state index in [1.165, 1.54) is 18.4 Å². The number of nitrogens with one attached hydrogen (secondary N) is 1. The van der Waals surface area contributed by atoms with Crippen molar-refractivity contribution in [3.8, 4) is 0 Å². The third-order valence-electron chi connectivity index (χ3n) is 4.22. The van der Waals surface area contributed by atoms with Crippen LogP contribution in [-0.4, -0.2) is 6.54 Å². The Bertz CT molecular complexity index is 449. The van der Waals surface area contributed by atoms with Crippen LogP contribution in [0.15, 0.2) is 40.4 Å². The number of benzene rings is 1. The van der Waals surface area contributed by atoms with Crippen LogP contribution in [0.2, 0.25) is 0 Å². The maximum atomic E-state index is 3.77. The summed E-state index contributed by atoms with van der Waals surface area (Å²) in [5.41, 5.74) is 2.96. The van der Waals surface area contributed by atoms with Crippen LogP contribution >= 0.6 is 15.9 Å². The molecule has 2 rings (SSSR count). The Morgan fingerprint density at radius 2 is 2.00 bits per heavy atom. The van der Waals surface area contributed by atoms with Gasteiger partial charge < -0.3 is 5.32 Å². The minimum atomic E-state index is 0.476. The van der Waals surface area contributed by atoms with Crippen molar-refractivity contribution in [2.45, 2.75) is 46.1 Å². The van der Waals surface area contributed by atoms with Crippen LogP contribution in [-0.2, 0) is 0 Å². The summed E-state index contributed by atoms with van der Waals surface area (Å²) in [7, 11) is 0. The fraction of sp³-hybridized carbons (Fsp3) is 0.556. The lowest BCUT2D eigenvalue weighted by molar-refractivity contribution is 0.358. The molecule has 1 aromatic rings. The van der Waals surface area contributed by atoms with Gasteiger partial charge in [-0.05, 0) is 62.3 Å². The average molecular weight is 336 g/mol. The van der Waals surface area contributed by atoms with Gasteiger partial charge in [0.05, 0.1) is 0 Å². The first-order valence-electron chi connectivity index (χ1n) is 7.74. The second-order valence-electron chi connectivity index (χ2n) is 6.22. The van der Waals surface area contributed by atoms with Crippen LogP contribution in [0.5, 0.6) is 0 Å². The monoisotopic (exact) mass is 335 g/mol. The molecule has 0 saturated heterocycles. The molecular formula is C18H26BrN. The minimum Gasteiger partial charge on any atom is -0.310 e. The number of halogens is 1. The zero-order valence-electron chi connectivity index (χ0n) is 12.8. The first-order valence-corrected chi connectivity index (χ1v) is 8.54. The molecule has 0 fully saturated rings. The van der Waals surface area contributed by atoms with E-state index in [1.54, 1.807) is 5.57 Å². The van der Waals surface area contributed by atoms with E-state index in [0.717, 1.165) is 29.3 Å². The van der Waals surface area contributed by atoms with Crippen molar-refractivity contribution in [3.63, 3.8) is 0 Å². The summed E-state index contributed by atoms with van der Waals surface area (Å²) in [6.07, 6.45) is 6.15. The molecule has 0 aromatic heterocycles. The smallest absolute Gasteiger partial charge is 0.0317 e. The van der Waals surface area contributed by atoms with Crippen LogP contribution in [0, 0.1) is 11.8 Å². The normalized spacial score (nSPS) is 24.3. The topological polar surface area (TPSA) is 12.0 Å². The Morgan fingerprint density at radius 1 is 1.30 bits per heavy atom. The molecule has 1 aromatic carbocycles. The molecule has 110 valence electrons. The van der Waals surface area contributed by atoms with Gasteiger partial charge in [-0.2, -0.15) is 0 Å². The molecule has 3 unspecified atom stereocenters. The number of rotatable bonds is 5. The molecular weight excluding hydrogens is 310 g/mol. The van der Waals surface area contributed by atoms with Crippen LogP contribution in [0.4, 0.5) is 0 Å². The zero-order valence-corrected chi connectivity index (χ0v) is 14.4. The van der Waals surface area contributed by atoms with Gasteiger partial charge in [-0.25, -0.2) is 0 Å². The van der Waals surface area contributed by atoms with Crippen molar-refractivity contribution >= 4 is 15.9 Å². The zero-order chi connectivity index (χ0) is 14.5. The van der Waals surface area contributed by atoms with Gasteiger partial charge in [-0.3, -0.25) is 0 Å². The molecule has 3 atom stereocenters. The molecule has 0 aliphatic heterocycles. The first kappa shape index (κ1) is 15.8. The van der Waals surface area contributed by atoms with Crippen molar-refractivity contribution in [3.05, 3.63) is 46.0 Å². The van der Waals surface area contributed by atoms with Crippen LogP contribution in [0.25, 0.3) is 0 Å². The third kappa shape index (κ3) is 4.46. The van der Waals surface area contributed by atoms with Gasteiger partial charge in [-0.15, -0.1) is 0 Å². The van der Waals surface area contributed by atoms with E-state index in [4.69, 9.17) is 0 Å². The summed E-state index contributed by atoms with van der Waals surface area (Å²) in [5, 5.41) is 3.77. The molecule has 0 bridgehead atoms. The summed E-state index contributed by atoms with van der Waals surface area (Å²) in [6, 6.07) is 9.19. The van der Waals surface area contributed by atoms with Crippen LogP contribution in [0.1, 0.15) is 51.6 Å². The van der Waals surface area contributed by atoms with Gasteiger partial charge in [0.15, 0.2) is 0 Å². The number of hydrogen-bond donors (Lipinski definition) is 1. The van der Waals surface area contributed by atoms with E-state index >= 15 is 0 Å². The van der Waals surface area contributed by atoms with Crippen molar-refractivity contribution in [1.29, 1.82) is 0 Å². The van der Waals surface area contributed by atoms with E-state index in [-0.39, 0.29) is 0 Å². The van der Waals surface area contributed by atoms with E-state index in [9.17, 15) is 0 Å². The summed E-state index contributed by atoms with van der Waals surface area (Å²) in [4.78, 5) is 0. The van der Waals surface area contributed by atoms with Gasteiger partial charge in [0.25, 0.3) is 0 Å². The Hall–Kier alpha value is -0.600. The van der Waals surface area contributed by atoms with Crippen molar-refractivity contribution in [2.24, 2.45) is 11.8 Å². The fourth-order valence-corrected chi connectivity index (χ4v) is 3.61. The maximum absolute atomic E-state index is 3.77. The molecule has 0 heterocycles. The lowest BCUT2D eigenvalue weighted by atomic mass is 9.83. The molecule has 1 aliphatic rings. The average Bonchev–Trinajstić information content (AvgIpc) is 2.40. The fourth-order valence-electron chi connectivity index (χ4n) is 3.34. The second kappa shape index (κ2) is 7.42. The molecule has 1 nitrogen and oxygen atoms in total. The van der Waals surface area contributed by atoms with Crippen molar-refractivity contribution in [1.82, 2.24) is 5.32 Å². The minimum absolute atomic E-state index is 0.476. The van der Waals surface area contributed by atoms with E-state index in [0.29, 0.717) is 6.04 Å². The molecule has 20 heavy (non-hydrogen) atoms. The first-order chi connectivity index (χ1) is 9.58. The van der Waals surface area contributed by atoms with Gasteiger partial charge >= 0.3 is 0 Å². The van der Waals surface area contributed by atoms with Gasteiger partial charge in [-0.1, -0.05) is 53.6 Å². The molecule has 0 spiro atoms. The van der Waals surface area contributed by atoms with E-state index < -0.39 is 0 Å². The Kier molecular flexibility index (Phi) is 5.86. The summed E-state index contributed by atoms with van der Waals surface area (Å²) < 4.78 is 1.15. The Balaban J connectivity index is 1.91. The maximum Gasteiger partial charge on any atom is 0.0317 e. The van der Waals surface area contributed by atoms with Gasteiger partial charge in [0.2, 0.25) is 0 Å². The Morgan fingerprint density at radius 3 is 2.60 bits per heavy atom. The predicted octanol–water partition coefficient (Wildman–Crippen LogP) is 5.48. The largest absolute Gasteiger partial charge is 0.310 e. The van der Waals surface area contributed by atoms with Crippen LogP contribution < -0.4 is 5.32 Å². The number of allylic oxidation sites excluding steroid dienone is 2. The Labute approximate surface area is 132 Å². The third-order valence-corrected chi connectivity index (χ3v) is 4.75. The molecule has 0 amide bonds. The quantitative estimate of drug-likeness (QED) is 0.702. The van der Waals surface area contributed by atoms with E-state index in [2.05, 4.69) is 72.4 Å². The SMILES string of the molecule is CCC(NCC1CC(C)=CC(C)C1)c1ccc(Br)cc1. The lowest BCUT2D eigenvalue weighted by Gasteiger charge is -2.28. The molecule has 0 saturated carbocycles. The standard InChI is InChI=1S/C18H26BrN/c1-4-18(16-5-7-17(19)8-6-16)20-12-15-10-13(2)9-14(3)11-15/h5-9,13,15,18,20H,4,10-12H2,1-3H3.